The highest BCUT2D eigenvalue weighted by Crippen LogP contribution is 2.32. The summed E-state index contributed by atoms with van der Waals surface area (Å²) in [4.78, 5) is 13.7. The van der Waals surface area contributed by atoms with Crippen molar-refractivity contribution < 1.29 is 17.6 Å². The van der Waals surface area contributed by atoms with Crippen molar-refractivity contribution in [1.29, 1.82) is 0 Å². The lowest BCUT2D eigenvalue weighted by Crippen LogP contribution is -2.58. The van der Waals surface area contributed by atoms with Gasteiger partial charge < -0.3 is 4.90 Å². The van der Waals surface area contributed by atoms with E-state index >= 15 is 0 Å². The Labute approximate surface area is 117 Å². The lowest BCUT2D eigenvalue weighted by Gasteiger charge is -2.42. The molecule has 0 aromatic heterocycles. The van der Waals surface area contributed by atoms with Crippen LogP contribution in [0.2, 0.25) is 0 Å². The molecule has 0 unspecified atom stereocenters. The van der Waals surface area contributed by atoms with Gasteiger partial charge in [0.2, 0.25) is 5.91 Å². The zero-order valence-corrected chi connectivity index (χ0v) is 11.8. The summed E-state index contributed by atoms with van der Waals surface area (Å²) in [5.41, 5.74) is 0. The van der Waals surface area contributed by atoms with Crippen LogP contribution in [-0.2, 0) is 14.6 Å². The fraction of sp³-hybridized carbons (Fsp3) is 0.500. The van der Waals surface area contributed by atoms with Gasteiger partial charge in [0, 0.05) is 19.0 Å². The Balaban J connectivity index is 1.66. The monoisotopic (exact) mass is 297 g/mol. The molecule has 20 heavy (non-hydrogen) atoms. The number of carbonyl (C=O) groups excluding carboxylic acids is 1. The predicted molar refractivity (Wildman–Crippen MR) is 71.3 cm³/mol. The van der Waals surface area contributed by atoms with Crippen molar-refractivity contribution in [3.05, 3.63) is 30.1 Å². The van der Waals surface area contributed by atoms with E-state index in [0.29, 0.717) is 0 Å². The average Bonchev–Trinajstić information content (AvgIpc) is 2.24. The van der Waals surface area contributed by atoms with Gasteiger partial charge in [-0.3, -0.25) is 4.79 Å². The first-order valence-electron chi connectivity index (χ1n) is 6.77. The molecule has 1 saturated heterocycles. The van der Waals surface area contributed by atoms with Crippen molar-refractivity contribution in [1.82, 2.24) is 4.90 Å². The van der Waals surface area contributed by atoms with Gasteiger partial charge in [0.25, 0.3) is 0 Å². The summed E-state index contributed by atoms with van der Waals surface area (Å²) in [6, 6.07) is 4.84. The van der Waals surface area contributed by atoms with Crippen molar-refractivity contribution in [3.8, 4) is 0 Å². The molecule has 1 amide bonds. The quantitative estimate of drug-likeness (QED) is 0.797. The van der Waals surface area contributed by atoms with Gasteiger partial charge in [-0.05, 0) is 37.1 Å². The molecular formula is C14H16FNO3S. The molecule has 0 spiro atoms. The maximum absolute atomic E-state index is 12.8. The number of sulfone groups is 1. The van der Waals surface area contributed by atoms with Crippen LogP contribution in [0.3, 0.4) is 0 Å². The standard InChI is InChI=1S/C14H16FNO3S/c15-11-4-6-12(7-5-11)20(18,19)13-8-16(9-13)14(17)10-2-1-3-10/h4-7,10,13H,1-3,8-9H2. The molecular weight excluding hydrogens is 281 g/mol. The Bertz CT molecular complexity index is 616. The molecule has 0 atom stereocenters. The molecule has 1 aromatic carbocycles. The van der Waals surface area contributed by atoms with Crippen molar-refractivity contribution >= 4 is 15.7 Å². The lowest BCUT2D eigenvalue weighted by atomic mass is 9.84. The van der Waals surface area contributed by atoms with Gasteiger partial charge in [0.1, 0.15) is 11.1 Å². The Morgan fingerprint density at radius 2 is 1.75 bits per heavy atom. The topological polar surface area (TPSA) is 54.5 Å². The lowest BCUT2D eigenvalue weighted by molar-refractivity contribution is -0.141. The Morgan fingerprint density at radius 3 is 2.25 bits per heavy atom. The molecule has 1 aliphatic carbocycles. The summed E-state index contributed by atoms with van der Waals surface area (Å²) >= 11 is 0. The maximum Gasteiger partial charge on any atom is 0.225 e. The molecule has 2 aliphatic rings. The predicted octanol–water partition coefficient (Wildman–Crippen LogP) is 1.61. The van der Waals surface area contributed by atoms with Crippen LogP contribution in [0.4, 0.5) is 4.39 Å². The van der Waals surface area contributed by atoms with Gasteiger partial charge in [-0.15, -0.1) is 0 Å². The van der Waals surface area contributed by atoms with Crippen LogP contribution in [0.1, 0.15) is 19.3 Å². The van der Waals surface area contributed by atoms with Crippen molar-refractivity contribution in [2.24, 2.45) is 5.92 Å². The number of likely N-dealkylation sites (tertiary alicyclic amines) is 1. The number of hydrogen-bond acceptors (Lipinski definition) is 3. The fourth-order valence-corrected chi connectivity index (χ4v) is 4.20. The first-order chi connectivity index (χ1) is 9.48. The smallest absolute Gasteiger partial charge is 0.225 e. The molecule has 4 nitrogen and oxygen atoms in total. The largest absolute Gasteiger partial charge is 0.340 e. The molecule has 0 bridgehead atoms. The van der Waals surface area contributed by atoms with E-state index < -0.39 is 20.9 Å². The number of amides is 1. The fourth-order valence-electron chi connectivity index (χ4n) is 2.54. The molecule has 1 heterocycles. The SMILES string of the molecule is O=C(C1CCC1)N1CC(S(=O)(=O)c2ccc(F)cc2)C1. The molecule has 108 valence electrons. The first kappa shape index (κ1) is 13.5. The minimum atomic E-state index is -3.46. The molecule has 1 aliphatic heterocycles. The highest BCUT2D eigenvalue weighted by Gasteiger charge is 2.43. The Kier molecular flexibility index (Phi) is 3.28. The van der Waals surface area contributed by atoms with Crippen LogP contribution in [0.15, 0.2) is 29.2 Å². The van der Waals surface area contributed by atoms with E-state index in [0.717, 1.165) is 31.4 Å². The third-order valence-electron chi connectivity index (χ3n) is 4.20. The normalized spacial score (nSPS) is 20.4. The van der Waals surface area contributed by atoms with Crippen molar-refractivity contribution in [2.75, 3.05) is 13.1 Å². The minimum absolute atomic E-state index is 0.0850. The van der Waals surface area contributed by atoms with Crippen molar-refractivity contribution in [2.45, 2.75) is 29.4 Å². The van der Waals surface area contributed by atoms with Crippen LogP contribution in [0, 0.1) is 11.7 Å². The Hall–Kier alpha value is -1.43. The molecule has 1 saturated carbocycles. The van der Waals surface area contributed by atoms with E-state index in [-0.39, 0.29) is 29.8 Å². The molecule has 3 rings (SSSR count). The summed E-state index contributed by atoms with van der Waals surface area (Å²) in [5, 5.41) is -0.558. The van der Waals surface area contributed by atoms with Gasteiger partial charge >= 0.3 is 0 Å². The number of hydrogen-bond donors (Lipinski definition) is 0. The zero-order chi connectivity index (χ0) is 14.3. The van der Waals surface area contributed by atoms with E-state index in [9.17, 15) is 17.6 Å². The summed E-state index contributed by atoms with van der Waals surface area (Å²) in [7, 11) is -3.46. The van der Waals surface area contributed by atoms with E-state index in [2.05, 4.69) is 0 Å². The third kappa shape index (κ3) is 2.22. The number of rotatable bonds is 3. The van der Waals surface area contributed by atoms with Gasteiger partial charge in [0.15, 0.2) is 9.84 Å². The van der Waals surface area contributed by atoms with Gasteiger partial charge in [-0.25, -0.2) is 12.8 Å². The van der Waals surface area contributed by atoms with E-state index in [1.807, 2.05) is 0 Å². The number of halogens is 1. The van der Waals surface area contributed by atoms with Gasteiger partial charge in [0.05, 0.1) is 4.90 Å². The average molecular weight is 297 g/mol. The second-order valence-corrected chi connectivity index (χ2v) is 7.72. The van der Waals surface area contributed by atoms with E-state index in [1.165, 1.54) is 12.1 Å². The number of benzene rings is 1. The highest BCUT2D eigenvalue weighted by molar-refractivity contribution is 7.92. The van der Waals surface area contributed by atoms with Crippen LogP contribution in [-0.4, -0.2) is 37.6 Å². The summed E-state index contributed by atoms with van der Waals surface area (Å²) in [6.07, 6.45) is 2.93. The summed E-state index contributed by atoms with van der Waals surface area (Å²) < 4.78 is 37.4. The van der Waals surface area contributed by atoms with E-state index in [4.69, 9.17) is 0 Å². The molecule has 6 heteroatoms. The van der Waals surface area contributed by atoms with Crippen LogP contribution < -0.4 is 0 Å². The number of nitrogens with zero attached hydrogens (tertiary/aromatic N) is 1. The van der Waals surface area contributed by atoms with Crippen LogP contribution in [0.25, 0.3) is 0 Å². The highest BCUT2D eigenvalue weighted by atomic mass is 32.2. The summed E-state index contributed by atoms with van der Waals surface area (Å²) in [5.74, 6) is -0.273. The van der Waals surface area contributed by atoms with Crippen LogP contribution >= 0.6 is 0 Å². The number of carbonyl (C=O) groups is 1. The Morgan fingerprint density at radius 1 is 1.15 bits per heavy atom. The van der Waals surface area contributed by atoms with Gasteiger partial charge in [-0.2, -0.15) is 0 Å². The van der Waals surface area contributed by atoms with Gasteiger partial charge in [-0.1, -0.05) is 6.42 Å². The molecule has 0 N–H and O–H groups in total. The van der Waals surface area contributed by atoms with Crippen LogP contribution in [0.5, 0.6) is 0 Å². The molecule has 0 radical (unpaired) electrons. The second-order valence-electron chi connectivity index (χ2n) is 5.49. The van der Waals surface area contributed by atoms with E-state index in [1.54, 1.807) is 4.90 Å². The zero-order valence-electron chi connectivity index (χ0n) is 11.0. The van der Waals surface area contributed by atoms with Crippen molar-refractivity contribution in [3.63, 3.8) is 0 Å². The third-order valence-corrected chi connectivity index (χ3v) is 6.30. The second kappa shape index (κ2) is 4.84. The molecule has 2 fully saturated rings. The first-order valence-corrected chi connectivity index (χ1v) is 8.31. The molecule has 1 aromatic rings. The summed E-state index contributed by atoms with van der Waals surface area (Å²) in [6.45, 7) is 0.518. The minimum Gasteiger partial charge on any atom is -0.340 e. The maximum atomic E-state index is 12.8.